The van der Waals surface area contributed by atoms with Crippen LogP contribution in [0.4, 0.5) is 0 Å². The van der Waals surface area contributed by atoms with Gasteiger partial charge in [-0.05, 0) is 12.1 Å². The molecule has 0 radical (unpaired) electrons. The number of fused-ring (bicyclic) bond motifs is 1. The highest BCUT2D eigenvalue weighted by molar-refractivity contribution is 5.79. The molecule has 0 bridgehead atoms. The van der Waals surface area contributed by atoms with Gasteiger partial charge in [0, 0.05) is 6.07 Å². The molecule has 0 fully saturated rings. The van der Waals surface area contributed by atoms with Gasteiger partial charge in [0.2, 0.25) is 0 Å². The van der Waals surface area contributed by atoms with Gasteiger partial charge in [-0.25, -0.2) is 29.4 Å². The molecule has 0 saturated heterocycles. The lowest BCUT2D eigenvalue weighted by atomic mass is 10.2. The van der Waals surface area contributed by atoms with Crippen LogP contribution in [-0.2, 0) is 0 Å². The summed E-state index contributed by atoms with van der Waals surface area (Å²) < 4.78 is 1.19. The Bertz CT molecular complexity index is 1080. The molecule has 0 spiro atoms. The summed E-state index contributed by atoms with van der Waals surface area (Å²) in [5.74, 6) is 0.0599. The molecule has 4 rings (SSSR count). The molecule has 0 saturated carbocycles. The van der Waals surface area contributed by atoms with E-state index in [0.717, 1.165) is 6.07 Å². The van der Waals surface area contributed by atoms with Crippen LogP contribution < -0.4 is 5.69 Å². The number of benzene rings is 1. The number of aromatic nitrogens is 7. The number of aromatic amines is 2. The Morgan fingerprint density at radius 2 is 1.92 bits per heavy atom. The lowest BCUT2D eigenvalue weighted by molar-refractivity contribution is 0.451. The van der Waals surface area contributed by atoms with E-state index < -0.39 is 5.69 Å². The van der Waals surface area contributed by atoms with Crippen LogP contribution in [0.5, 0.6) is 11.5 Å². The number of phenols is 2. The van der Waals surface area contributed by atoms with Crippen LogP contribution in [0.25, 0.3) is 28.4 Å². The van der Waals surface area contributed by atoms with Crippen molar-refractivity contribution in [3.8, 4) is 28.7 Å². The number of phenolic OH excluding ortho intramolecular Hbond substituents is 2. The molecule has 0 atom stereocenters. The fourth-order valence-corrected chi connectivity index (χ4v) is 2.31. The van der Waals surface area contributed by atoms with Gasteiger partial charge in [0.1, 0.15) is 23.3 Å². The molecule has 3 heterocycles. The number of rotatable bonds is 2. The molecule has 0 aliphatic heterocycles. The summed E-state index contributed by atoms with van der Waals surface area (Å²) in [6.07, 6.45) is 2.71. The molecule has 0 unspecified atom stereocenters. The largest absolute Gasteiger partial charge is 0.508 e. The molecule has 4 N–H and O–H groups in total. The number of imidazole rings is 1. The van der Waals surface area contributed by atoms with Crippen molar-refractivity contribution in [3.05, 3.63) is 41.3 Å². The van der Waals surface area contributed by atoms with Gasteiger partial charge in [-0.3, -0.25) is 0 Å². The zero-order valence-corrected chi connectivity index (χ0v) is 13.4. The molecule has 0 aliphatic rings. The van der Waals surface area contributed by atoms with Crippen molar-refractivity contribution in [2.45, 2.75) is 13.8 Å². The van der Waals surface area contributed by atoms with Gasteiger partial charge in [-0.15, -0.1) is 0 Å². The predicted octanol–water partition coefficient (Wildman–Crippen LogP) is 1.33. The summed E-state index contributed by atoms with van der Waals surface area (Å²) in [6, 6.07) is 3.98. The topological polar surface area (TPSA) is 146 Å². The highest BCUT2D eigenvalue weighted by atomic mass is 16.3. The fourth-order valence-electron chi connectivity index (χ4n) is 2.31. The molecule has 25 heavy (non-hydrogen) atoms. The average Bonchev–Trinajstić information content (AvgIpc) is 3.23. The van der Waals surface area contributed by atoms with Gasteiger partial charge in [0.25, 0.3) is 0 Å². The van der Waals surface area contributed by atoms with E-state index in [1.165, 1.54) is 29.4 Å². The van der Waals surface area contributed by atoms with E-state index in [2.05, 4.69) is 30.1 Å². The van der Waals surface area contributed by atoms with E-state index in [4.69, 9.17) is 0 Å². The van der Waals surface area contributed by atoms with E-state index in [1.54, 1.807) is 0 Å². The molecular formula is C15H15N7O3. The first kappa shape index (κ1) is 16.2. The first-order valence-electron chi connectivity index (χ1n) is 7.49. The van der Waals surface area contributed by atoms with Gasteiger partial charge in [0.05, 0.1) is 11.9 Å². The van der Waals surface area contributed by atoms with Gasteiger partial charge in [-0.2, -0.15) is 5.10 Å². The highest BCUT2D eigenvalue weighted by Crippen LogP contribution is 2.31. The Labute approximate surface area is 140 Å². The number of nitrogens with zero attached hydrogens (tertiary/aromatic N) is 5. The van der Waals surface area contributed by atoms with Crippen LogP contribution >= 0.6 is 0 Å². The first-order chi connectivity index (χ1) is 12.1. The zero-order chi connectivity index (χ0) is 18.0. The standard InChI is InChI=1S/C13H9N7O3.C2H6/c21-6-1-2-7(8(22)3-6)11-18-19-13(23)20(11)12-9-10(15-4-14-9)16-5-17-12;1-2/h1-5,21-22H,(H,19,23)(H,14,15,16,17);1-2H3. The number of H-pyrrole nitrogens is 2. The van der Waals surface area contributed by atoms with E-state index in [-0.39, 0.29) is 28.7 Å². The van der Waals surface area contributed by atoms with E-state index >= 15 is 0 Å². The molecule has 10 nitrogen and oxygen atoms in total. The van der Waals surface area contributed by atoms with Crippen molar-refractivity contribution in [3.63, 3.8) is 0 Å². The minimum absolute atomic E-state index is 0.103. The fraction of sp³-hybridized carbons (Fsp3) is 0.133. The number of hydrogen-bond acceptors (Lipinski definition) is 7. The minimum Gasteiger partial charge on any atom is -0.508 e. The third-order valence-electron chi connectivity index (χ3n) is 3.31. The summed E-state index contributed by atoms with van der Waals surface area (Å²) >= 11 is 0. The predicted molar refractivity (Wildman–Crippen MR) is 89.5 cm³/mol. The molecule has 1 aromatic carbocycles. The van der Waals surface area contributed by atoms with Gasteiger partial charge >= 0.3 is 5.69 Å². The van der Waals surface area contributed by atoms with Crippen molar-refractivity contribution in [1.29, 1.82) is 0 Å². The van der Waals surface area contributed by atoms with Crippen LogP contribution in [0.1, 0.15) is 13.8 Å². The maximum Gasteiger partial charge on any atom is 0.349 e. The van der Waals surface area contributed by atoms with Gasteiger partial charge < -0.3 is 15.2 Å². The Morgan fingerprint density at radius 3 is 2.68 bits per heavy atom. The second kappa shape index (κ2) is 6.43. The van der Waals surface area contributed by atoms with Crippen LogP contribution in [-0.4, -0.2) is 44.9 Å². The SMILES string of the molecule is CC.O=c1[nH]nc(-c2ccc(O)cc2O)n1-c1ncnc2nc[nH]c12. The molecule has 3 aromatic heterocycles. The summed E-state index contributed by atoms with van der Waals surface area (Å²) in [4.78, 5) is 27.2. The summed E-state index contributed by atoms with van der Waals surface area (Å²) in [6.45, 7) is 4.00. The van der Waals surface area contributed by atoms with Gasteiger partial charge in [0.15, 0.2) is 17.3 Å². The molecule has 10 heteroatoms. The maximum absolute atomic E-state index is 12.2. The Kier molecular flexibility index (Phi) is 4.16. The normalized spacial score (nSPS) is 10.5. The molecule has 0 aliphatic carbocycles. The third kappa shape index (κ3) is 2.69. The van der Waals surface area contributed by atoms with Crippen molar-refractivity contribution in [2.24, 2.45) is 0 Å². The summed E-state index contributed by atoms with van der Waals surface area (Å²) in [7, 11) is 0. The first-order valence-corrected chi connectivity index (χ1v) is 7.49. The van der Waals surface area contributed by atoms with Crippen molar-refractivity contribution >= 4 is 11.2 Å². The maximum atomic E-state index is 12.2. The summed E-state index contributed by atoms with van der Waals surface area (Å²) in [5.41, 5.74) is 0.564. The van der Waals surface area contributed by atoms with E-state index in [1.807, 2.05) is 13.8 Å². The van der Waals surface area contributed by atoms with Crippen LogP contribution in [0.3, 0.4) is 0 Å². The van der Waals surface area contributed by atoms with Crippen LogP contribution in [0, 0.1) is 0 Å². The summed E-state index contributed by atoms with van der Waals surface area (Å²) in [5, 5.41) is 25.7. The Balaban J connectivity index is 0.000000880. The van der Waals surface area contributed by atoms with Crippen LogP contribution in [0.2, 0.25) is 0 Å². The molecule has 4 aromatic rings. The smallest absolute Gasteiger partial charge is 0.349 e. The zero-order valence-electron chi connectivity index (χ0n) is 13.4. The quantitative estimate of drug-likeness (QED) is 0.430. The number of hydrogen-bond donors (Lipinski definition) is 4. The van der Waals surface area contributed by atoms with E-state index in [9.17, 15) is 15.0 Å². The number of nitrogens with one attached hydrogen (secondary N) is 2. The lowest BCUT2D eigenvalue weighted by Gasteiger charge is -2.07. The second-order valence-electron chi connectivity index (χ2n) is 4.69. The monoisotopic (exact) mass is 341 g/mol. The third-order valence-corrected chi connectivity index (χ3v) is 3.31. The molecule has 0 amide bonds. The average molecular weight is 341 g/mol. The number of aromatic hydroxyl groups is 2. The molecule has 128 valence electrons. The molecular weight excluding hydrogens is 326 g/mol. The highest BCUT2D eigenvalue weighted by Gasteiger charge is 2.19. The van der Waals surface area contributed by atoms with Crippen molar-refractivity contribution < 1.29 is 10.2 Å². The van der Waals surface area contributed by atoms with Crippen molar-refractivity contribution in [1.82, 2.24) is 34.7 Å². The van der Waals surface area contributed by atoms with Crippen LogP contribution in [0.15, 0.2) is 35.6 Å². The van der Waals surface area contributed by atoms with Crippen molar-refractivity contribution in [2.75, 3.05) is 0 Å². The minimum atomic E-state index is -0.540. The van der Waals surface area contributed by atoms with E-state index in [0.29, 0.717) is 11.2 Å². The second-order valence-corrected chi connectivity index (χ2v) is 4.69. The lowest BCUT2D eigenvalue weighted by Crippen LogP contribution is -2.17. The van der Waals surface area contributed by atoms with Gasteiger partial charge in [-0.1, -0.05) is 13.8 Å². The Hall–Kier alpha value is -3.69. The Morgan fingerprint density at radius 1 is 1.12 bits per heavy atom.